The highest BCUT2D eigenvalue weighted by Crippen LogP contribution is 2.45. The lowest BCUT2D eigenvalue weighted by Gasteiger charge is -2.31. The molecule has 0 radical (unpaired) electrons. The number of nitrogens with one attached hydrogen (secondary N) is 1. The van der Waals surface area contributed by atoms with E-state index in [0.717, 1.165) is 58.3 Å². The van der Waals surface area contributed by atoms with E-state index in [1.54, 1.807) is 0 Å². The Bertz CT molecular complexity index is 1360. The zero-order valence-corrected chi connectivity index (χ0v) is 17.4. The van der Waals surface area contributed by atoms with Crippen LogP contribution in [0, 0.1) is 13.8 Å². The van der Waals surface area contributed by atoms with Gasteiger partial charge in [-0.1, -0.05) is 6.07 Å². The second kappa shape index (κ2) is 6.25. The minimum Gasteiger partial charge on any atom is -0.312 e. The zero-order valence-electron chi connectivity index (χ0n) is 17.4. The molecule has 30 heavy (non-hydrogen) atoms. The molecule has 1 spiro atoms. The van der Waals surface area contributed by atoms with E-state index in [2.05, 4.69) is 35.4 Å². The summed E-state index contributed by atoms with van der Waals surface area (Å²) in [4.78, 5) is 17.8. The molecule has 4 aromatic rings. The molecular formula is C24H25N5O. The third kappa shape index (κ3) is 2.78. The molecule has 1 saturated carbocycles. The van der Waals surface area contributed by atoms with Crippen molar-refractivity contribution >= 4 is 16.4 Å². The molecule has 0 unspecified atom stereocenters. The highest BCUT2D eigenvalue weighted by atomic mass is 16.1. The van der Waals surface area contributed by atoms with Crippen molar-refractivity contribution in [3.05, 3.63) is 64.3 Å². The Hall–Kier alpha value is -2.99. The molecule has 6 heteroatoms. The summed E-state index contributed by atoms with van der Waals surface area (Å²) in [5.74, 6) is 0. The van der Waals surface area contributed by atoms with Crippen LogP contribution in [0.4, 0.5) is 0 Å². The molecular weight excluding hydrogens is 374 g/mol. The Morgan fingerprint density at radius 2 is 2.03 bits per heavy atom. The quantitative estimate of drug-likeness (QED) is 0.557. The van der Waals surface area contributed by atoms with Crippen LogP contribution in [0.1, 0.15) is 43.0 Å². The average Bonchev–Trinajstić information content (AvgIpc) is 3.35. The monoisotopic (exact) mass is 399 g/mol. The molecule has 0 bridgehead atoms. The summed E-state index contributed by atoms with van der Waals surface area (Å²) in [6, 6.07) is 10.5. The van der Waals surface area contributed by atoms with Gasteiger partial charge in [-0.2, -0.15) is 5.10 Å². The van der Waals surface area contributed by atoms with Gasteiger partial charge in [0.25, 0.3) is 5.56 Å². The summed E-state index contributed by atoms with van der Waals surface area (Å²) in [5, 5.41) is 10.1. The van der Waals surface area contributed by atoms with Gasteiger partial charge in [0.15, 0.2) is 5.65 Å². The smallest absolute Gasteiger partial charge is 0.258 e. The number of hydrogen-bond donors (Lipinski definition) is 1. The first-order valence-corrected chi connectivity index (χ1v) is 10.8. The summed E-state index contributed by atoms with van der Waals surface area (Å²) < 4.78 is 3.80. The van der Waals surface area contributed by atoms with Crippen molar-refractivity contribution in [1.29, 1.82) is 0 Å². The number of pyridine rings is 1. The fraction of sp³-hybridized carbons (Fsp3) is 0.375. The maximum atomic E-state index is 13.3. The van der Waals surface area contributed by atoms with Crippen LogP contribution in [-0.4, -0.2) is 31.2 Å². The van der Waals surface area contributed by atoms with Crippen molar-refractivity contribution < 1.29 is 0 Å². The molecule has 3 aromatic heterocycles. The summed E-state index contributed by atoms with van der Waals surface area (Å²) in [6.07, 6.45) is 8.48. The first-order chi connectivity index (χ1) is 14.5. The first kappa shape index (κ1) is 17.8. The summed E-state index contributed by atoms with van der Waals surface area (Å²) in [7, 11) is 0. The highest BCUT2D eigenvalue weighted by molar-refractivity contribution is 5.86. The van der Waals surface area contributed by atoms with Crippen LogP contribution in [0.15, 0.2) is 47.5 Å². The summed E-state index contributed by atoms with van der Waals surface area (Å²) >= 11 is 0. The number of imidazole rings is 1. The SMILES string of the molecule is Cc1cn2nc(-c3ccc4c(=O)n([C@@H]5CCNC6(CC6)C5)ccc4c3)cc(C)c2n1. The number of hydrogen-bond acceptors (Lipinski definition) is 4. The van der Waals surface area contributed by atoms with E-state index in [9.17, 15) is 4.79 Å². The predicted octanol–water partition coefficient (Wildman–Crippen LogP) is 3.79. The Kier molecular flexibility index (Phi) is 3.72. The van der Waals surface area contributed by atoms with Crippen LogP contribution in [0.25, 0.3) is 27.7 Å². The molecule has 6 rings (SSSR count). The number of rotatable bonds is 2. The van der Waals surface area contributed by atoms with Gasteiger partial charge >= 0.3 is 0 Å². The van der Waals surface area contributed by atoms with Gasteiger partial charge in [-0.3, -0.25) is 4.79 Å². The van der Waals surface area contributed by atoms with Gasteiger partial charge in [0, 0.05) is 28.7 Å². The van der Waals surface area contributed by atoms with Crippen LogP contribution in [-0.2, 0) is 0 Å². The van der Waals surface area contributed by atoms with Crippen molar-refractivity contribution in [2.45, 2.75) is 51.1 Å². The minimum atomic E-state index is 0.117. The Balaban J connectivity index is 1.41. The Labute approximate surface area is 174 Å². The average molecular weight is 399 g/mol. The Morgan fingerprint density at radius 1 is 1.17 bits per heavy atom. The van der Waals surface area contributed by atoms with E-state index in [1.807, 2.05) is 40.5 Å². The second-order valence-electron chi connectivity index (χ2n) is 9.05. The van der Waals surface area contributed by atoms with Gasteiger partial charge in [-0.25, -0.2) is 9.50 Å². The lowest BCUT2D eigenvalue weighted by molar-refractivity contribution is 0.282. The van der Waals surface area contributed by atoms with Crippen LogP contribution < -0.4 is 10.9 Å². The zero-order chi connectivity index (χ0) is 20.5. The van der Waals surface area contributed by atoms with Crippen molar-refractivity contribution in [3.63, 3.8) is 0 Å². The predicted molar refractivity (Wildman–Crippen MR) is 118 cm³/mol. The summed E-state index contributed by atoms with van der Waals surface area (Å²) in [5.41, 5.74) is 5.24. The van der Waals surface area contributed by atoms with E-state index in [1.165, 1.54) is 12.8 Å². The van der Waals surface area contributed by atoms with E-state index in [0.29, 0.717) is 11.6 Å². The normalized spacial score (nSPS) is 20.3. The summed E-state index contributed by atoms with van der Waals surface area (Å²) in [6.45, 7) is 5.02. The molecule has 1 atom stereocenters. The van der Waals surface area contributed by atoms with Gasteiger partial charge in [-0.15, -0.1) is 0 Å². The molecule has 6 nitrogen and oxygen atoms in total. The van der Waals surface area contributed by atoms with E-state index >= 15 is 0 Å². The molecule has 1 saturated heterocycles. The number of aromatic nitrogens is 4. The lowest BCUT2D eigenvalue weighted by Crippen LogP contribution is -2.42. The molecule has 1 N–H and O–H groups in total. The third-order valence-electron chi connectivity index (χ3n) is 6.81. The largest absolute Gasteiger partial charge is 0.312 e. The van der Waals surface area contributed by atoms with Gasteiger partial charge < -0.3 is 9.88 Å². The minimum absolute atomic E-state index is 0.117. The van der Waals surface area contributed by atoms with Crippen LogP contribution in [0.5, 0.6) is 0 Å². The first-order valence-electron chi connectivity index (χ1n) is 10.8. The Morgan fingerprint density at radius 3 is 2.87 bits per heavy atom. The fourth-order valence-corrected chi connectivity index (χ4v) is 4.99. The van der Waals surface area contributed by atoms with Crippen LogP contribution in [0.3, 0.4) is 0 Å². The number of benzene rings is 1. The van der Waals surface area contributed by atoms with Crippen LogP contribution >= 0.6 is 0 Å². The van der Waals surface area contributed by atoms with Crippen molar-refractivity contribution in [3.8, 4) is 11.3 Å². The number of fused-ring (bicyclic) bond motifs is 2. The van der Waals surface area contributed by atoms with Crippen molar-refractivity contribution in [2.75, 3.05) is 6.54 Å². The number of nitrogens with zero attached hydrogens (tertiary/aromatic N) is 4. The molecule has 152 valence electrons. The topological polar surface area (TPSA) is 64.2 Å². The standard InChI is InChI=1S/C24H25N5O/c1-15-11-21(27-29-14-16(2)26-22(15)29)18-3-4-20-17(12-18)6-10-28(23(20)30)19-5-9-25-24(13-19)7-8-24/h3-4,6,10-12,14,19,25H,5,7-9,13H2,1-2H3/t19-/m1/s1. The fourth-order valence-electron chi connectivity index (χ4n) is 4.99. The van der Waals surface area contributed by atoms with Gasteiger partial charge in [-0.05, 0) is 81.3 Å². The highest BCUT2D eigenvalue weighted by Gasteiger charge is 2.46. The van der Waals surface area contributed by atoms with Gasteiger partial charge in [0.05, 0.1) is 17.6 Å². The molecule has 0 amide bonds. The molecule has 1 aliphatic heterocycles. The lowest BCUT2D eigenvalue weighted by atomic mass is 9.96. The number of aryl methyl sites for hydroxylation is 2. The maximum Gasteiger partial charge on any atom is 0.258 e. The van der Waals surface area contributed by atoms with Gasteiger partial charge in [0.1, 0.15) is 0 Å². The molecule has 2 aliphatic rings. The maximum absolute atomic E-state index is 13.3. The second-order valence-corrected chi connectivity index (χ2v) is 9.05. The third-order valence-corrected chi connectivity index (χ3v) is 6.81. The molecule has 1 aliphatic carbocycles. The van der Waals surface area contributed by atoms with E-state index < -0.39 is 0 Å². The van der Waals surface area contributed by atoms with Crippen molar-refractivity contribution in [2.24, 2.45) is 0 Å². The number of piperidine rings is 1. The van der Waals surface area contributed by atoms with E-state index in [4.69, 9.17) is 5.10 Å². The van der Waals surface area contributed by atoms with Crippen LogP contribution in [0.2, 0.25) is 0 Å². The molecule has 4 heterocycles. The van der Waals surface area contributed by atoms with Crippen molar-refractivity contribution in [1.82, 2.24) is 24.5 Å². The molecule has 1 aromatic carbocycles. The molecule has 2 fully saturated rings. The van der Waals surface area contributed by atoms with E-state index in [-0.39, 0.29) is 5.56 Å². The van der Waals surface area contributed by atoms with Gasteiger partial charge in [0.2, 0.25) is 0 Å².